The molecule has 4 aromatic heterocycles. The molecular formula is C25H14N4S. The van der Waals surface area contributed by atoms with E-state index < -0.39 is 0 Å². The molecule has 140 valence electrons. The molecule has 5 heteroatoms. The third kappa shape index (κ3) is 2.12. The van der Waals surface area contributed by atoms with E-state index in [9.17, 15) is 0 Å². The van der Waals surface area contributed by atoms with Crippen molar-refractivity contribution in [1.29, 1.82) is 0 Å². The van der Waals surface area contributed by atoms with Crippen molar-refractivity contribution in [3.63, 3.8) is 0 Å². The summed E-state index contributed by atoms with van der Waals surface area (Å²) in [7, 11) is 0. The molecule has 0 bridgehead atoms. The summed E-state index contributed by atoms with van der Waals surface area (Å²) in [5.74, 6) is 0. The fraction of sp³-hybridized carbons (Fsp3) is 0. The molecule has 0 saturated heterocycles. The number of pyridine rings is 1. The normalized spacial score (nSPS) is 12.0. The summed E-state index contributed by atoms with van der Waals surface area (Å²) in [5, 5.41) is 2.57. The number of imidazole rings is 1. The van der Waals surface area contributed by atoms with Crippen LogP contribution in [0.25, 0.3) is 59.0 Å². The number of fused-ring (bicyclic) bond motifs is 8. The number of hydrogen-bond donors (Lipinski definition) is 0. The van der Waals surface area contributed by atoms with Crippen LogP contribution in [-0.2, 0) is 0 Å². The number of nitrogens with zero attached hydrogens (tertiary/aromatic N) is 4. The van der Waals surface area contributed by atoms with Crippen molar-refractivity contribution in [3.05, 3.63) is 85.3 Å². The van der Waals surface area contributed by atoms with Crippen LogP contribution in [0.3, 0.4) is 0 Å². The number of hydrogen-bond acceptors (Lipinski definition) is 4. The van der Waals surface area contributed by atoms with Crippen molar-refractivity contribution >= 4 is 59.2 Å². The summed E-state index contributed by atoms with van der Waals surface area (Å²) < 4.78 is 4.74. The third-order valence-electron chi connectivity index (χ3n) is 5.71. The van der Waals surface area contributed by atoms with Gasteiger partial charge in [0.2, 0.25) is 0 Å². The van der Waals surface area contributed by atoms with Crippen molar-refractivity contribution in [1.82, 2.24) is 19.4 Å². The van der Waals surface area contributed by atoms with E-state index in [0.717, 1.165) is 38.8 Å². The van der Waals surface area contributed by atoms with Crippen molar-refractivity contribution in [3.8, 4) is 11.1 Å². The van der Waals surface area contributed by atoms with Crippen LogP contribution in [0.4, 0.5) is 0 Å². The summed E-state index contributed by atoms with van der Waals surface area (Å²) in [6, 6.07) is 23.4. The van der Waals surface area contributed by atoms with Gasteiger partial charge in [0.05, 0.1) is 11.0 Å². The summed E-state index contributed by atoms with van der Waals surface area (Å²) in [6.45, 7) is 0. The Bertz CT molecular complexity index is 1760. The van der Waals surface area contributed by atoms with Crippen molar-refractivity contribution in [2.45, 2.75) is 0 Å². The first-order chi connectivity index (χ1) is 14.9. The number of rotatable bonds is 1. The second-order valence-electron chi connectivity index (χ2n) is 7.40. The van der Waals surface area contributed by atoms with Crippen LogP contribution in [0.5, 0.6) is 0 Å². The Morgan fingerprint density at radius 1 is 0.733 bits per heavy atom. The lowest BCUT2D eigenvalue weighted by atomic mass is 10.0. The number of para-hydroxylation sites is 2. The maximum Gasteiger partial charge on any atom is 0.166 e. The molecule has 0 atom stereocenters. The monoisotopic (exact) mass is 402 g/mol. The van der Waals surface area contributed by atoms with Gasteiger partial charge in [-0.1, -0.05) is 36.4 Å². The van der Waals surface area contributed by atoms with E-state index in [0.29, 0.717) is 0 Å². The predicted molar refractivity (Wildman–Crippen MR) is 124 cm³/mol. The van der Waals surface area contributed by atoms with Gasteiger partial charge in [0.25, 0.3) is 0 Å². The summed E-state index contributed by atoms with van der Waals surface area (Å²) >= 11 is 1.83. The minimum absolute atomic E-state index is 0.821. The van der Waals surface area contributed by atoms with Gasteiger partial charge in [0.15, 0.2) is 5.65 Å². The summed E-state index contributed by atoms with van der Waals surface area (Å²) in [5.41, 5.74) is 6.76. The Balaban J connectivity index is 1.62. The molecule has 0 amide bonds. The number of benzene rings is 3. The fourth-order valence-corrected chi connectivity index (χ4v) is 5.42. The van der Waals surface area contributed by atoms with Crippen molar-refractivity contribution in [2.24, 2.45) is 0 Å². The SMILES string of the molecule is c1ccc2c(c1)nc1c3nccnc3c(-c3ccc4sc5ccccc5c4c3)cn21. The van der Waals surface area contributed by atoms with Crippen LogP contribution >= 0.6 is 11.3 Å². The molecule has 4 heterocycles. The molecule has 0 radical (unpaired) electrons. The maximum absolute atomic E-state index is 4.82. The molecule has 0 unspecified atom stereocenters. The molecule has 0 aliphatic carbocycles. The van der Waals surface area contributed by atoms with Crippen molar-refractivity contribution < 1.29 is 0 Å². The van der Waals surface area contributed by atoms with E-state index in [4.69, 9.17) is 9.97 Å². The van der Waals surface area contributed by atoms with Gasteiger partial charge >= 0.3 is 0 Å². The Morgan fingerprint density at radius 2 is 1.53 bits per heavy atom. The first-order valence-corrected chi connectivity index (χ1v) is 10.6. The molecule has 0 fully saturated rings. The molecule has 7 rings (SSSR count). The van der Waals surface area contributed by atoms with Crippen LogP contribution in [0, 0.1) is 0 Å². The van der Waals surface area contributed by atoms with Crippen LogP contribution in [0.15, 0.2) is 85.3 Å². The molecule has 30 heavy (non-hydrogen) atoms. The zero-order valence-electron chi connectivity index (χ0n) is 15.8. The molecule has 0 aliphatic rings. The van der Waals surface area contributed by atoms with Crippen LogP contribution < -0.4 is 0 Å². The largest absolute Gasteiger partial charge is 0.297 e. The number of thiophene rings is 1. The highest BCUT2D eigenvalue weighted by Gasteiger charge is 2.15. The van der Waals surface area contributed by atoms with E-state index in [1.165, 1.54) is 20.2 Å². The second-order valence-corrected chi connectivity index (χ2v) is 8.48. The molecule has 4 nitrogen and oxygen atoms in total. The second kappa shape index (κ2) is 5.84. The third-order valence-corrected chi connectivity index (χ3v) is 6.86. The lowest BCUT2D eigenvalue weighted by molar-refractivity contribution is 1.21. The lowest BCUT2D eigenvalue weighted by Gasteiger charge is -2.08. The Morgan fingerprint density at radius 3 is 2.50 bits per heavy atom. The molecular weight excluding hydrogens is 388 g/mol. The minimum Gasteiger partial charge on any atom is -0.297 e. The summed E-state index contributed by atoms with van der Waals surface area (Å²) in [6.07, 6.45) is 5.64. The molecule has 0 aliphatic heterocycles. The number of aromatic nitrogens is 4. The zero-order valence-corrected chi connectivity index (χ0v) is 16.6. The Kier molecular flexibility index (Phi) is 3.12. The van der Waals surface area contributed by atoms with Crippen LogP contribution in [0.1, 0.15) is 0 Å². The lowest BCUT2D eigenvalue weighted by Crippen LogP contribution is -1.94. The predicted octanol–water partition coefficient (Wildman–Crippen LogP) is 6.47. The van der Waals surface area contributed by atoms with Crippen LogP contribution in [-0.4, -0.2) is 19.4 Å². The zero-order chi connectivity index (χ0) is 19.7. The van der Waals surface area contributed by atoms with E-state index in [1.807, 2.05) is 29.5 Å². The first kappa shape index (κ1) is 16.0. The Labute approximate surface area is 175 Å². The highest BCUT2D eigenvalue weighted by molar-refractivity contribution is 7.25. The highest BCUT2D eigenvalue weighted by atomic mass is 32.1. The topological polar surface area (TPSA) is 43.1 Å². The van der Waals surface area contributed by atoms with Crippen molar-refractivity contribution in [2.75, 3.05) is 0 Å². The van der Waals surface area contributed by atoms with E-state index >= 15 is 0 Å². The average molecular weight is 402 g/mol. The minimum atomic E-state index is 0.821. The standard InChI is InChI=1S/C25H14N4S/c1-4-8-21-16(5-1)17-13-15(9-10-22(17)30-21)18-14-29-20-7-3-2-6-19(20)28-25(29)24-23(18)26-11-12-27-24/h1-14H. The summed E-state index contributed by atoms with van der Waals surface area (Å²) in [4.78, 5) is 14.2. The molecule has 0 spiro atoms. The quantitative estimate of drug-likeness (QED) is 0.316. The van der Waals surface area contributed by atoms with Gasteiger partial charge in [-0.25, -0.2) is 9.97 Å². The van der Waals surface area contributed by atoms with E-state index in [-0.39, 0.29) is 0 Å². The molecule has 0 saturated carbocycles. The van der Waals surface area contributed by atoms with Gasteiger partial charge in [0, 0.05) is 44.3 Å². The van der Waals surface area contributed by atoms with Gasteiger partial charge in [-0.05, 0) is 35.9 Å². The van der Waals surface area contributed by atoms with Gasteiger partial charge in [-0.3, -0.25) is 9.38 Å². The average Bonchev–Trinajstić information content (AvgIpc) is 3.36. The van der Waals surface area contributed by atoms with E-state index in [2.05, 4.69) is 64.1 Å². The molecule has 7 aromatic rings. The van der Waals surface area contributed by atoms with E-state index in [1.54, 1.807) is 12.4 Å². The van der Waals surface area contributed by atoms with Gasteiger partial charge in [-0.15, -0.1) is 11.3 Å². The van der Waals surface area contributed by atoms with Crippen LogP contribution in [0.2, 0.25) is 0 Å². The first-order valence-electron chi connectivity index (χ1n) is 9.79. The Hall–Kier alpha value is -3.83. The molecule has 0 N–H and O–H groups in total. The van der Waals surface area contributed by atoms with Gasteiger partial charge < -0.3 is 0 Å². The van der Waals surface area contributed by atoms with Gasteiger partial charge in [-0.2, -0.15) is 0 Å². The smallest absolute Gasteiger partial charge is 0.166 e. The fourth-order valence-electron chi connectivity index (χ4n) is 4.34. The highest BCUT2D eigenvalue weighted by Crippen LogP contribution is 2.38. The maximum atomic E-state index is 4.82. The molecule has 3 aromatic carbocycles. The van der Waals surface area contributed by atoms with Gasteiger partial charge in [0.1, 0.15) is 11.0 Å².